The van der Waals surface area contributed by atoms with E-state index in [2.05, 4.69) is 0 Å². The zero-order valence-corrected chi connectivity index (χ0v) is 9.34. The number of aromatic hydroxyl groups is 2. The highest BCUT2D eigenvalue weighted by Gasteiger charge is 2.11. The molecule has 86 valence electrons. The van der Waals surface area contributed by atoms with Crippen LogP contribution in [-0.4, -0.2) is 16.5 Å². The van der Waals surface area contributed by atoms with Gasteiger partial charge in [0.05, 0.1) is 5.56 Å². The molecule has 0 fully saturated rings. The molecule has 0 unspecified atom stereocenters. The summed E-state index contributed by atoms with van der Waals surface area (Å²) in [6.07, 6.45) is 0.608. The van der Waals surface area contributed by atoms with E-state index in [1.165, 1.54) is 0 Å². The molecule has 2 aromatic rings. The fourth-order valence-electron chi connectivity index (χ4n) is 1.79. The number of hydrogen-bond acceptors (Lipinski definition) is 3. The molecule has 0 aliphatic rings. The lowest BCUT2D eigenvalue weighted by molar-refractivity contribution is 0.112. The van der Waals surface area contributed by atoms with Crippen molar-refractivity contribution in [1.29, 1.82) is 0 Å². The third-order valence-electron chi connectivity index (χ3n) is 2.79. The normalized spacial score (nSPS) is 10.2. The van der Waals surface area contributed by atoms with Crippen molar-refractivity contribution in [1.82, 2.24) is 0 Å². The number of carbonyl (C=O) groups is 1. The molecule has 0 saturated carbocycles. The van der Waals surface area contributed by atoms with Crippen LogP contribution >= 0.6 is 0 Å². The van der Waals surface area contributed by atoms with E-state index in [-0.39, 0.29) is 17.1 Å². The first-order chi connectivity index (χ1) is 8.15. The summed E-state index contributed by atoms with van der Waals surface area (Å²) in [6.45, 7) is 1.76. The average molecular weight is 228 g/mol. The second-order valence-electron chi connectivity index (χ2n) is 3.81. The summed E-state index contributed by atoms with van der Waals surface area (Å²) in [7, 11) is 0. The predicted molar refractivity (Wildman–Crippen MR) is 65.3 cm³/mol. The van der Waals surface area contributed by atoms with Crippen molar-refractivity contribution in [2.24, 2.45) is 0 Å². The molecule has 0 atom stereocenters. The lowest BCUT2D eigenvalue weighted by Crippen LogP contribution is -1.88. The highest BCUT2D eigenvalue weighted by Crippen LogP contribution is 2.35. The second-order valence-corrected chi connectivity index (χ2v) is 3.81. The molecule has 17 heavy (non-hydrogen) atoms. The van der Waals surface area contributed by atoms with E-state index in [0.29, 0.717) is 23.0 Å². The van der Waals surface area contributed by atoms with Crippen LogP contribution in [0, 0.1) is 6.92 Å². The van der Waals surface area contributed by atoms with Crippen LogP contribution < -0.4 is 0 Å². The number of aldehydes is 1. The van der Waals surface area contributed by atoms with Gasteiger partial charge in [0.15, 0.2) is 6.29 Å². The molecule has 2 N–H and O–H groups in total. The molecule has 0 aliphatic carbocycles. The van der Waals surface area contributed by atoms with Gasteiger partial charge in [-0.3, -0.25) is 4.79 Å². The Hall–Kier alpha value is -2.29. The average Bonchev–Trinajstić information content (AvgIpc) is 2.33. The van der Waals surface area contributed by atoms with Crippen molar-refractivity contribution in [3.8, 4) is 22.6 Å². The van der Waals surface area contributed by atoms with Crippen LogP contribution in [0.5, 0.6) is 11.5 Å². The Bertz CT molecular complexity index is 574. The molecule has 0 radical (unpaired) electrons. The molecule has 0 aromatic heterocycles. The van der Waals surface area contributed by atoms with Gasteiger partial charge in [0, 0.05) is 5.56 Å². The number of para-hydroxylation sites is 1. The van der Waals surface area contributed by atoms with Gasteiger partial charge in [-0.05, 0) is 30.2 Å². The second kappa shape index (κ2) is 4.29. The first-order valence-corrected chi connectivity index (χ1v) is 5.21. The van der Waals surface area contributed by atoms with E-state index in [9.17, 15) is 15.0 Å². The van der Waals surface area contributed by atoms with Gasteiger partial charge in [-0.2, -0.15) is 0 Å². The van der Waals surface area contributed by atoms with Crippen LogP contribution in [0.15, 0.2) is 36.4 Å². The van der Waals surface area contributed by atoms with E-state index in [0.717, 1.165) is 0 Å². The minimum atomic E-state index is -0.0591. The highest BCUT2D eigenvalue weighted by atomic mass is 16.3. The number of phenols is 2. The van der Waals surface area contributed by atoms with E-state index >= 15 is 0 Å². The summed E-state index contributed by atoms with van der Waals surface area (Å²) in [5.41, 5.74) is 2.17. The molecule has 2 aromatic carbocycles. The van der Waals surface area contributed by atoms with Crippen molar-refractivity contribution in [2.75, 3.05) is 0 Å². The first-order valence-electron chi connectivity index (χ1n) is 5.21. The maximum Gasteiger partial charge on any atom is 0.153 e. The van der Waals surface area contributed by atoms with Gasteiger partial charge in [-0.15, -0.1) is 0 Å². The van der Waals surface area contributed by atoms with Crippen molar-refractivity contribution in [3.63, 3.8) is 0 Å². The molecule has 0 spiro atoms. The Kier molecular flexibility index (Phi) is 2.83. The largest absolute Gasteiger partial charge is 0.508 e. The van der Waals surface area contributed by atoms with E-state index in [1.54, 1.807) is 43.3 Å². The number of phenolic OH excluding ortho intramolecular Hbond substituents is 2. The van der Waals surface area contributed by atoms with E-state index < -0.39 is 0 Å². The summed E-state index contributed by atoms with van der Waals surface area (Å²) in [4.78, 5) is 10.8. The first kappa shape index (κ1) is 11.2. The third-order valence-corrected chi connectivity index (χ3v) is 2.79. The SMILES string of the molecule is Cc1c(O)cccc1-c1cccc(C=O)c1O. The molecular weight excluding hydrogens is 216 g/mol. The maximum absolute atomic E-state index is 10.8. The minimum absolute atomic E-state index is 0.0591. The van der Waals surface area contributed by atoms with Gasteiger partial charge in [-0.1, -0.05) is 24.3 Å². The Morgan fingerprint density at radius 3 is 2.35 bits per heavy atom. The molecule has 3 nitrogen and oxygen atoms in total. The summed E-state index contributed by atoms with van der Waals surface area (Å²) in [6, 6.07) is 10.0. The Morgan fingerprint density at radius 2 is 1.65 bits per heavy atom. The van der Waals surface area contributed by atoms with Crippen molar-refractivity contribution in [2.45, 2.75) is 6.92 Å². The monoisotopic (exact) mass is 228 g/mol. The molecule has 2 rings (SSSR count). The molecule has 0 aliphatic heterocycles. The van der Waals surface area contributed by atoms with Crippen molar-refractivity contribution in [3.05, 3.63) is 47.5 Å². The quantitative estimate of drug-likeness (QED) is 0.777. The van der Waals surface area contributed by atoms with Crippen LogP contribution in [0.2, 0.25) is 0 Å². The van der Waals surface area contributed by atoms with Gasteiger partial charge < -0.3 is 10.2 Å². The maximum atomic E-state index is 10.8. The number of carbonyl (C=O) groups excluding carboxylic acids is 1. The van der Waals surface area contributed by atoms with Crippen LogP contribution in [0.25, 0.3) is 11.1 Å². The molecule has 0 bridgehead atoms. The summed E-state index contributed by atoms with van der Waals surface area (Å²) in [5, 5.41) is 19.6. The third kappa shape index (κ3) is 1.87. The number of rotatable bonds is 2. The van der Waals surface area contributed by atoms with E-state index in [1.807, 2.05) is 0 Å². The van der Waals surface area contributed by atoms with Crippen LogP contribution in [0.4, 0.5) is 0 Å². The molecule has 0 heterocycles. The smallest absolute Gasteiger partial charge is 0.153 e. The fraction of sp³-hybridized carbons (Fsp3) is 0.0714. The zero-order valence-electron chi connectivity index (χ0n) is 9.34. The standard InChI is InChI=1S/C14H12O3/c1-9-11(5-3-7-13(9)16)12-6-2-4-10(8-15)14(12)17/h2-8,16-17H,1H3. The number of benzene rings is 2. The summed E-state index contributed by atoms with van der Waals surface area (Å²) < 4.78 is 0. The van der Waals surface area contributed by atoms with Gasteiger partial charge >= 0.3 is 0 Å². The molecule has 0 amide bonds. The van der Waals surface area contributed by atoms with Crippen LogP contribution in [0.1, 0.15) is 15.9 Å². The molecule has 0 saturated heterocycles. The fourth-order valence-corrected chi connectivity index (χ4v) is 1.79. The van der Waals surface area contributed by atoms with Gasteiger partial charge in [0.2, 0.25) is 0 Å². The number of hydrogen-bond donors (Lipinski definition) is 2. The Labute approximate surface area is 99.0 Å². The molecule has 3 heteroatoms. The van der Waals surface area contributed by atoms with Gasteiger partial charge in [-0.25, -0.2) is 0 Å². The van der Waals surface area contributed by atoms with Crippen molar-refractivity contribution >= 4 is 6.29 Å². The summed E-state index contributed by atoms with van der Waals surface area (Å²) >= 11 is 0. The Balaban J connectivity index is 2.69. The topological polar surface area (TPSA) is 57.5 Å². The summed E-state index contributed by atoms with van der Waals surface area (Å²) in [5.74, 6) is 0.106. The minimum Gasteiger partial charge on any atom is -0.508 e. The highest BCUT2D eigenvalue weighted by molar-refractivity contribution is 5.86. The van der Waals surface area contributed by atoms with Gasteiger partial charge in [0.25, 0.3) is 0 Å². The predicted octanol–water partition coefficient (Wildman–Crippen LogP) is 2.89. The van der Waals surface area contributed by atoms with E-state index in [4.69, 9.17) is 0 Å². The van der Waals surface area contributed by atoms with Gasteiger partial charge in [0.1, 0.15) is 11.5 Å². The zero-order chi connectivity index (χ0) is 12.4. The van der Waals surface area contributed by atoms with Crippen LogP contribution in [-0.2, 0) is 0 Å². The van der Waals surface area contributed by atoms with Crippen molar-refractivity contribution < 1.29 is 15.0 Å². The lowest BCUT2D eigenvalue weighted by Gasteiger charge is -2.10. The lowest BCUT2D eigenvalue weighted by atomic mass is 9.97. The van der Waals surface area contributed by atoms with Crippen LogP contribution in [0.3, 0.4) is 0 Å². The Morgan fingerprint density at radius 1 is 1.00 bits per heavy atom. The molecular formula is C14H12O3.